The van der Waals surface area contributed by atoms with Crippen LogP contribution in [0.5, 0.6) is 0 Å². The van der Waals surface area contributed by atoms with E-state index in [0.29, 0.717) is 0 Å². The summed E-state index contributed by atoms with van der Waals surface area (Å²) in [5.41, 5.74) is 0. The number of fused-ring (bicyclic) bond motifs is 5. The Balaban J connectivity index is 1.84. The van der Waals surface area contributed by atoms with E-state index in [2.05, 4.69) is 0 Å². The van der Waals surface area contributed by atoms with Crippen LogP contribution in [-0.4, -0.2) is 13.2 Å². The minimum atomic E-state index is 0.975. The van der Waals surface area contributed by atoms with Crippen LogP contribution >= 0.6 is 0 Å². The quantitative estimate of drug-likeness (QED) is 0.516. The normalized spacial score (nSPS) is 54.5. The molecule has 0 spiro atoms. The van der Waals surface area contributed by atoms with Crippen molar-refractivity contribution in [2.75, 3.05) is 13.2 Å². The zero-order valence-electron chi connectivity index (χ0n) is 6.96. The van der Waals surface area contributed by atoms with Crippen molar-refractivity contribution in [1.29, 1.82) is 0 Å². The third-order valence-electron chi connectivity index (χ3n) is 4.18. The lowest BCUT2D eigenvalue weighted by molar-refractivity contribution is -0.00662. The first-order valence-electron chi connectivity index (χ1n) is 5.03. The van der Waals surface area contributed by atoms with Crippen molar-refractivity contribution in [2.24, 2.45) is 23.7 Å². The molecule has 4 unspecified atom stereocenters. The van der Waals surface area contributed by atoms with E-state index in [-0.39, 0.29) is 0 Å². The van der Waals surface area contributed by atoms with E-state index in [4.69, 9.17) is 4.74 Å². The number of rotatable bonds is 0. The molecule has 3 aliphatic rings. The Morgan fingerprint density at radius 2 is 1.73 bits per heavy atom. The second kappa shape index (κ2) is 2.22. The zero-order chi connectivity index (χ0) is 7.26. The third kappa shape index (κ3) is 0.807. The molecule has 1 nitrogen and oxygen atoms in total. The molecule has 0 aromatic rings. The number of ether oxygens (including phenoxy) is 1. The Hall–Kier alpha value is -0.0400. The molecule has 62 valence electrons. The highest BCUT2D eigenvalue weighted by Crippen LogP contribution is 2.54. The van der Waals surface area contributed by atoms with Crippen molar-refractivity contribution in [3.63, 3.8) is 0 Å². The second-order valence-corrected chi connectivity index (χ2v) is 4.52. The van der Waals surface area contributed by atoms with Crippen LogP contribution in [0.2, 0.25) is 0 Å². The molecular weight excluding hydrogens is 136 g/mol. The molecule has 11 heavy (non-hydrogen) atoms. The molecule has 1 heteroatoms. The highest BCUT2D eigenvalue weighted by Gasteiger charge is 2.48. The summed E-state index contributed by atoms with van der Waals surface area (Å²) in [6.45, 7) is 2.14. The molecule has 3 rings (SSSR count). The Morgan fingerprint density at radius 3 is 2.55 bits per heavy atom. The average molecular weight is 152 g/mol. The smallest absolute Gasteiger partial charge is 0.0499 e. The van der Waals surface area contributed by atoms with Crippen molar-refractivity contribution in [1.82, 2.24) is 0 Å². The van der Waals surface area contributed by atoms with Gasteiger partial charge < -0.3 is 4.74 Å². The fourth-order valence-electron chi connectivity index (χ4n) is 3.68. The Bertz CT molecular complexity index is 148. The van der Waals surface area contributed by atoms with Crippen LogP contribution in [0.4, 0.5) is 0 Å². The van der Waals surface area contributed by atoms with Gasteiger partial charge in [0.15, 0.2) is 0 Å². The van der Waals surface area contributed by atoms with E-state index in [1.54, 1.807) is 6.42 Å². The van der Waals surface area contributed by atoms with Crippen molar-refractivity contribution < 1.29 is 4.74 Å². The SMILES string of the molecule is C1CC2C3CCC(C3)C2CO1. The molecule has 1 saturated heterocycles. The standard InChI is InChI=1S/C10H16O/c1-2-8-5-7(1)9-3-4-11-6-10(8)9/h7-10H,1-6H2. The van der Waals surface area contributed by atoms with Gasteiger partial charge in [-0.1, -0.05) is 0 Å². The predicted octanol–water partition coefficient (Wildman–Crippen LogP) is 2.07. The summed E-state index contributed by atoms with van der Waals surface area (Å²) >= 11 is 0. The first-order chi connectivity index (χ1) is 5.45. The third-order valence-corrected chi connectivity index (χ3v) is 4.18. The zero-order valence-corrected chi connectivity index (χ0v) is 6.96. The summed E-state index contributed by atoms with van der Waals surface area (Å²) in [6.07, 6.45) is 5.95. The molecule has 0 aromatic carbocycles. The van der Waals surface area contributed by atoms with Gasteiger partial charge in [0.25, 0.3) is 0 Å². The average Bonchev–Trinajstić information content (AvgIpc) is 2.64. The predicted molar refractivity (Wildman–Crippen MR) is 43.2 cm³/mol. The van der Waals surface area contributed by atoms with E-state index >= 15 is 0 Å². The lowest BCUT2D eigenvalue weighted by Gasteiger charge is -2.34. The van der Waals surface area contributed by atoms with Crippen molar-refractivity contribution in [3.8, 4) is 0 Å². The Morgan fingerprint density at radius 1 is 0.909 bits per heavy atom. The van der Waals surface area contributed by atoms with Crippen LogP contribution < -0.4 is 0 Å². The highest BCUT2D eigenvalue weighted by molar-refractivity contribution is 4.97. The monoisotopic (exact) mass is 152 g/mol. The molecule has 4 atom stereocenters. The summed E-state index contributed by atoms with van der Waals surface area (Å²) in [5, 5.41) is 0. The largest absolute Gasteiger partial charge is 0.381 e. The molecule has 1 heterocycles. The molecule has 0 N–H and O–H groups in total. The van der Waals surface area contributed by atoms with Gasteiger partial charge in [-0.25, -0.2) is 0 Å². The van der Waals surface area contributed by atoms with Gasteiger partial charge in [0.1, 0.15) is 0 Å². The van der Waals surface area contributed by atoms with Crippen LogP contribution in [0.3, 0.4) is 0 Å². The van der Waals surface area contributed by atoms with Crippen LogP contribution in [0.25, 0.3) is 0 Å². The molecular formula is C10H16O. The minimum Gasteiger partial charge on any atom is -0.381 e. The first-order valence-corrected chi connectivity index (χ1v) is 5.03. The van der Waals surface area contributed by atoms with Gasteiger partial charge in [-0.15, -0.1) is 0 Å². The maximum absolute atomic E-state index is 5.54. The topological polar surface area (TPSA) is 9.23 Å². The summed E-state index contributed by atoms with van der Waals surface area (Å²) in [5.74, 6) is 4.21. The number of hydrogen-bond acceptors (Lipinski definition) is 1. The van der Waals surface area contributed by atoms with E-state index in [1.165, 1.54) is 19.3 Å². The highest BCUT2D eigenvalue weighted by atomic mass is 16.5. The van der Waals surface area contributed by atoms with Crippen LogP contribution in [0, 0.1) is 23.7 Å². The van der Waals surface area contributed by atoms with E-state index in [9.17, 15) is 0 Å². The summed E-state index contributed by atoms with van der Waals surface area (Å²) in [6, 6.07) is 0. The van der Waals surface area contributed by atoms with Gasteiger partial charge in [-0.3, -0.25) is 0 Å². The van der Waals surface area contributed by atoms with Gasteiger partial charge in [-0.2, -0.15) is 0 Å². The fraction of sp³-hybridized carbons (Fsp3) is 1.00. The van der Waals surface area contributed by atoms with Crippen LogP contribution in [-0.2, 0) is 4.74 Å². The fourth-order valence-corrected chi connectivity index (χ4v) is 3.68. The molecule has 0 radical (unpaired) electrons. The molecule has 2 bridgehead atoms. The molecule has 0 amide bonds. The van der Waals surface area contributed by atoms with Crippen LogP contribution in [0.15, 0.2) is 0 Å². The van der Waals surface area contributed by atoms with Crippen molar-refractivity contribution in [3.05, 3.63) is 0 Å². The summed E-state index contributed by atoms with van der Waals surface area (Å²) in [7, 11) is 0. The molecule has 3 fully saturated rings. The Kier molecular flexibility index (Phi) is 1.31. The first kappa shape index (κ1) is 6.47. The minimum absolute atomic E-state index is 0.975. The van der Waals surface area contributed by atoms with Gasteiger partial charge in [0, 0.05) is 13.2 Å². The number of hydrogen-bond donors (Lipinski definition) is 0. The molecule has 2 saturated carbocycles. The maximum Gasteiger partial charge on any atom is 0.0499 e. The molecule has 1 aliphatic heterocycles. The summed E-state index contributed by atoms with van der Waals surface area (Å²) < 4.78 is 5.54. The van der Waals surface area contributed by atoms with E-state index < -0.39 is 0 Å². The molecule has 2 aliphatic carbocycles. The van der Waals surface area contributed by atoms with E-state index in [0.717, 1.165) is 36.9 Å². The maximum atomic E-state index is 5.54. The lowest BCUT2D eigenvalue weighted by atomic mass is 9.77. The van der Waals surface area contributed by atoms with Crippen LogP contribution in [0.1, 0.15) is 25.7 Å². The van der Waals surface area contributed by atoms with Crippen molar-refractivity contribution >= 4 is 0 Å². The van der Waals surface area contributed by atoms with Gasteiger partial charge >= 0.3 is 0 Å². The van der Waals surface area contributed by atoms with Gasteiger partial charge in [-0.05, 0) is 49.4 Å². The van der Waals surface area contributed by atoms with Crippen molar-refractivity contribution in [2.45, 2.75) is 25.7 Å². The van der Waals surface area contributed by atoms with E-state index in [1.807, 2.05) is 0 Å². The lowest BCUT2D eigenvalue weighted by Crippen LogP contribution is -2.31. The van der Waals surface area contributed by atoms with Gasteiger partial charge in [0.2, 0.25) is 0 Å². The second-order valence-electron chi connectivity index (χ2n) is 4.52. The Labute approximate surface area is 68.1 Å². The summed E-state index contributed by atoms with van der Waals surface area (Å²) in [4.78, 5) is 0. The van der Waals surface area contributed by atoms with Gasteiger partial charge in [0.05, 0.1) is 0 Å². The molecule has 0 aromatic heterocycles.